The minimum absolute atomic E-state index is 0.00803. The highest BCUT2D eigenvalue weighted by atomic mass is 16.2. The van der Waals surface area contributed by atoms with Crippen molar-refractivity contribution in [2.24, 2.45) is 0 Å². The molecule has 0 spiro atoms. The van der Waals surface area contributed by atoms with Crippen molar-refractivity contribution in [3.05, 3.63) is 123 Å². The first-order valence-electron chi connectivity index (χ1n) is 9.82. The molecule has 146 valence electrons. The fourth-order valence-electron chi connectivity index (χ4n) is 3.99. The first-order valence-corrected chi connectivity index (χ1v) is 9.82. The molecule has 0 saturated carbocycles. The summed E-state index contributed by atoms with van der Waals surface area (Å²) in [4.78, 5) is 32.6. The molecule has 0 bridgehead atoms. The van der Waals surface area contributed by atoms with Gasteiger partial charge in [0.2, 0.25) is 0 Å². The second-order valence-electron chi connectivity index (χ2n) is 7.32. The Balaban J connectivity index is 1.41. The zero-order valence-electron chi connectivity index (χ0n) is 16.1. The summed E-state index contributed by atoms with van der Waals surface area (Å²) < 4.78 is 0. The van der Waals surface area contributed by atoms with Crippen molar-refractivity contribution in [3.8, 4) is 11.1 Å². The largest absolute Gasteiger partial charge is 0.341 e. The number of benzene rings is 3. The number of aromatic nitrogens is 2. The number of carbonyl (C=O) groups excluding carboxylic acids is 1. The Morgan fingerprint density at radius 3 is 2.10 bits per heavy atom. The van der Waals surface area contributed by atoms with Gasteiger partial charge < -0.3 is 10.3 Å². The maximum atomic E-state index is 12.9. The van der Waals surface area contributed by atoms with Gasteiger partial charge >= 0.3 is 0 Å². The van der Waals surface area contributed by atoms with E-state index in [0.29, 0.717) is 12.2 Å². The molecule has 0 atom stereocenters. The molecule has 0 aliphatic heterocycles. The third kappa shape index (κ3) is 3.20. The number of hydrogen-bond donors (Lipinski definition) is 2. The van der Waals surface area contributed by atoms with Crippen LogP contribution in [-0.2, 0) is 6.42 Å². The SMILES string of the molecule is O=C(NC1c2ccccc2-c2ccccc21)c1cnc(Cc2ccccc2)[nH]c1=O. The van der Waals surface area contributed by atoms with Crippen LogP contribution in [0.25, 0.3) is 11.1 Å². The Labute approximate surface area is 173 Å². The molecule has 1 heterocycles. The molecule has 0 fully saturated rings. The Hall–Kier alpha value is -3.99. The predicted molar refractivity (Wildman–Crippen MR) is 115 cm³/mol. The molecular formula is C25H19N3O2. The molecule has 3 aromatic carbocycles. The highest BCUT2D eigenvalue weighted by Crippen LogP contribution is 2.43. The zero-order valence-corrected chi connectivity index (χ0v) is 16.1. The predicted octanol–water partition coefficient (Wildman–Crippen LogP) is 3.86. The van der Waals surface area contributed by atoms with Crippen molar-refractivity contribution in [2.75, 3.05) is 0 Å². The lowest BCUT2D eigenvalue weighted by atomic mass is 10.1. The standard InChI is InChI=1S/C25H19N3O2/c29-24-21(15-26-22(27-24)14-16-8-2-1-3-9-16)25(30)28-23-19-12-6-4-10-17(19)18-11-5-7-13-20(18)23/h1-13,15,23H,14H2,(H,28,30)(H,26,27,29). The first kappa shape index (κ1) is 18.1. The fraction of sp³-hybridized carbons (Fsp3) is 0.0800. The quantitative estimate of drug-likeness (QED) is 0.553. The topological polar surface area (TPSA) is 74.8 Å². The van der Waals surface area contributed by atoms with Crippen molar-refractivity contribution < 1.29 is 4.79 Å². The van der Waals surface area contributed by atoms with E-state index in [1.807, 2.05) is 78.9 Å². The maximum absolute atomic E-state index is 12.9. The fourth-order valence-corrected chi connectivity index (χ4v) is 3.99. The molecule has 5 heteroatoms. The lowest BCUT2D eigenvalue weighted by Crippen LogP contribution is -2.33. The molecule has 1 aliphatic carbocycles. The summed E-state index contributed by atoms with van der Waals surface area (Å²) in [6.07, 6.45) is 1.86. The smallest absolute Gasteiger partial charge is 0.263 e. The van der Waals surface area contributed by atoms with Gasteiger partial charge in [-0.3, -0.25) is 9.59 Å². The van der Waals surface area contributed by atoms with Crippen molar-refractivity contribution >= 4 is 5.91 Å². The van der Waals surface area contributed by atoms with E-state index in [2.05, 4.69) is 15.3 Å². The Morgan fingerprint density at radius 2 is 1.47 bits per heavy atom. The van der Waals surface area contributed by atoms with Gasteiger partial charge in [-0.25, -0.2) is 4.98 Å². The Bertz CT molecular complexity index is 1250. The molecule has 0 radical (unpaired) electrons. The van der Waals surface area contributed by atoms with E-state index in [0.717, 1.165) is 27.8 Å². The van der Waals surface area contributed by atoms with Gasteiger partial charge in [0.15, 0.2) is 0 Å². The summed E-state index contributed by atoms with van der Waals surface area (Å²) in [5, 5.41) is 3.02. The highest BCUT2D eigenvalue weighted by molar-refractivity contribution is 5.95. The molecule has 0 saturated heterocycles. The van der Waals surface area contributed by atoms with Crippen molar-refractivity contribution in [1.82, 2.24) is 15.3 Å². The second kappa shape index (κ2) is 7.44. The maximum Gasteiger partial charge on any atom is 0.263 e. The van der Waals surface area contributed by atoms with Crippen LogP contribution in [0.15, 0.2) is 89.9 Å². The lowest BCUT2D eigenvalue weighted by Gasteiger charge is -2.15. The summed E-state index contributed by atoms with van der Waals surface area (Å²) >= 11 is 0. The zero-order chi connectivity index (χ0) is 20.5. The van der Waals surface area contributed by atoms with Gasteiger partial charge in [-0.2, -0.15) is 0 Å². The van der Waals surface area contributed by atoms with Gasteiger partial charge in [-0.05, 0) is 27.8 Å². The van der Waals surface area contributed by atoms with Gasteiger partial charge in [0.1, 0.15) is 11.4 Å². The molecule has 1 aromatic heterocycles. The summed E-state index contributed by atoms with van der Waals surface area (Å²) in [5.74, 6) is 0.0887. The van der Waals surface area contributed by atoms with Crippen molar-refractivity contribution in [2.45, 2.75) is 12.5 Å². The molecule has 1 aliphatic rings. The second-order valence-corrected chi connectivity index (χ2v) is 7.32. The van der Waals surface area contributed by atoms with Gasteiger partial charge in [-0.1, -0.05) is 78.9 Å². The monoisotopic (exact) mass is 393 g/mol. The Morgan fingerprint density at radius 1 is 0.867 bits per heavy atom. The van der Waals surface area contributed by atoms with E-state index in [-0.39, 0.29) is 11.6 Å². The van der Waals surface area contributed by atoms with Crippen LogP contribution in [0.4, 0.5) is 0 Å². The number of nitrogens with one attached hydrogen (secondary N) is 2. The van der Waals surface area contributed by atoms with Gasteiger partial charge in [-0.15, -0.1) is 0 Å². The average Bonchev–Trinajstić information content (AvgIpc) is 3.08. The van der Waals surface area contributed by atoms with Gasteiger partial charge in [0, 0.05) is 12.6 Å². The average molecular weight is 393 g/mol. The van der Waals surface area contributed by atoms with Crippen LogP contribution >= 0.6 is 0 Å². The van der Waals surface area contributed by atoms with E-state index in [4.69, 9.17) is 0 Å². The van der Waals surface area contributed by atoms with E-state index >= 15 is 0 Å². The third-order valence-corrected chi connectivity index (χ3v) is 5.42. The molecule has 2 N–H and O–H groups in total. The highest BCUT2D eigenvalue weighted by Gasteiger charge is 2.30. The Kier molecular flexibility index (Phi) is 4.48. The van der Waals surface area contributed by atoms with E-state index in [1.54, 1.807) is 0 Å². The van der Waals surface area contributed by atoms with Crippen LogP contribution in [0.1, 0.15) is 38.9 Å². The number of rotatable bonds is 4. The summed E-state index contributed by atoms with van der Waals surface area (Å²) in [6.45, 7) is 0. The van der Waals surface area contributed by atoms with Crippen molar-refractivity contribution in [1.29, 1.82) is 0 Å². The first-order chi connectivity index (χ1) is 14.7. The number of fused-ring (bicyclic) bond motifs is 3. The molecule has 5 rings (SSSR count). The van der Waals surface area contributed by atoms with Crippen LogP contribution in [0.3, 0.4) is 0 Å². The van der Waals surface area contributed by atoms with E-state index in [1.165, 1.54) is 6.20 Å². The third-order valence-electron chi connectivity index (χ3n) is 5.42. The molecule has 4 aromatic rings. The van der Waals surface area contributed by atoms with E-state index < -0.39 is 11.5 Å². The van der Waals surface area contributed by atoms with Crippen LogP contribution in [0.5, 0.6) is 0 Å². The number of carbonyl (C=O) groups is 1. The molecule has 5 nitrogen and oxygen atoms in total. The number of hydrogen-bond acceptors (Lipinski definition) is 3. The minimum atomic E-state index is -0.438. The summed E-state index contributed by atoms with van der Waals surface area (Å²) in [5.41, 5.74) is 4.86. The van der Waals surface area contributed by atoms with Crippen LogP contribution in [-0.4, -0.2) is 15.9 Å². The molecule has 1 amide bonds. The van der Waals surface area contributed by atoms with E-state index in [9.17, 15) is 9.59 Å². The normalized spacial score (nSPS) is 12.3. The number of aromatic amines is 1. The summed E-state index contributed by atoms with van der Waals surface area (Å²) in [7, 11) is 0. The van der Waals surface area contributed by atoms with Crippen LogP contribution in [0.2, 0.25) is 0 Å². The number of H-pyrrole nitrogens is 1. The molecule has 0 unspecified atom stereocenters. The molecular weight excluding hydrogens is 374 g/mol. The lowest BCUT2D eigenvalue weighted by molar-refractivity contribution is 0.0941. The number of amides is 1. The van der Waals surface area contributed by atoms with Gasteiger partial charge in [0.05, 0.1) is 6.04 Å². The van der Waals surface area contributed by atoms with Gasteiger partial charge in [0.25, 0.3) is 11.5 Å². The number of nitrogens with zero attached hydrogens (tertiary/aromatic N) is 1. The van der Waals surface area contributed by atoms with Crippen LogP contribution in [0, 0.1) is 0 Å². The summed E-state index contributed by atoms with van der Waals surface area (Å²) in [6, 6.07) is 25.4. The minimum Gasteiger partial charge on any atom is -0.341 e. The van der Waals surface area contributed by atoms with Crippen molar-refractivity contribution in [3.63, 3.8) is 0 Å². The van der Waals surface area contributed by atoms with Crippen LogP contribution < -0.4 is 10.9 Å². The molecule has 30 heavy (non-hydrogen) atoms.